The van der Waals surface area contributed by atoms with Crippen molar-refractivity contribution < 1.29 is 4.79 Å². The molecule has 2 rings (SSSR count). The van der Waals surface area contributed by atoms with Crippen LogP contribution >= 0.6 is 11.6 Å². The van der Waals surface area contributed by atoms with Gasteiger partial charge in [0.1, 0.15) is 12.6 Å². The van der Waals surface area contributed by atoms with Crippen LogP contribution in [-0.4, -0.2) is 15.5 Å². The topological polar surface area (TPSA) is 70.7 Å². The van der Waals surface area contributed by atoms with Gasteiger partial charge in [-0.1, -0.05) is 17.7 Å². The monoisotopic (exact) mass is 260 g/mol. The van der Waals surface area contributed by atoms with E-state index < -0.39 is 0 Å². The molecule has 0 aliphatic heterocycles. The summed E-state index contributed by atoms with van der Waals surface area (Å²) in [5.41, 5.74) is 0.617. The summed E-state index contributed by atoms with van der Waals surface area (Å²) in [6.45, 7) is 0.0371. The first-order valence-corrected chi connectivity index (χ1v) is 5.53. The number of rotatable bonds is 3. The van der Waals surface area contributed by atoms with Crippen molar-refractivity contribution in [1.82, 2.24) is 9.55 Å². The quantitative estimate of drug-likeness (QED) is 0.918. The molecule has 2 aromatic rings. The first kappa shape index (κ1) is 12.1. The van der Waals surface area contributed by atoms with Crippen LogP contribution in [0.4, 0.5) is 5.69 Å². The van der Waals surface area contributed by atoms with Gasteiger partial charge in [0.15, 0.2) is 0 Å². The molecule has 1 aromatic carbocycles. The summed E-state index contributed by atoms with van der Waals surface area (Å²) >= 11 is 5.81. The maximum atomic E-state index is 11.7. The van der Waals surface area contributed by atoms with Crippen LogP contribution in [0.15, 0.2) is 36.7 Å². The van der Waals surface area contributed by atoms with Gasteiger partial charge < -0.3 is 9.88 Å². The van der Waals surface area contributed by atoms with Gasteiger partial charge in [0.25, 0.3) is 0 Å². The lowest BCUT2D eigenvalue weighted by atomic mass is 10.3. The first-order chi connectivity index (χ1) is 8.69. The molecule has 18 heavy (non-hydrogen) atoms. The molecule has 0 saturated heterocycles. The molecular formula is C12H9ClN4O. The molecule has 0 bridgehead atoms. The SMILES string of the molecule is N#Cc1nccn1CC(=O)Nc1cccc(Cl)c1. The highest BCUT2D eigenvalue weighted by molar-refractivity contribution is 6.30. The molecule has 1 amide bonds. The summed E-state index contributed by atoms with van der Waals surface area (Å²) in [7, 11) is 0. The minimum absolute atomic E-state index is 0.0371. The average Bonchev–Trinajstić information content (AvgIpc) is 2.76. The molecule has 0 aliphatic carbocycles. The largest absolute Gasteiger partial charge is 0.324 e. The van der Waals surface area contributed by atoms with E-state index in [0.29, 0.717) is 10.7 Å². The van der Waals surface area contributed by atoms with Crippen molar-refractivity contribution in [2.45, 2.75) is 6.54 Å². The minimum atomic E-state index is -0.244. The number of nitrogens with one attached hydrogen (secondary N) is 1. The molecule has 1 heterocycles. The fraction of sp³-hybridized carbons (Fsp3) is 0.0833. The maximum Gasteiger partial charge on any atom is 0.244 e. The predicted octanol–water partition coefficient (Wildman–Crippen LogP) is 2.05. The molecule has 6 heteroatoms. The second-order valence-electron chi connectivity index (χ2n) is 3.55. The maximum absolute atomic E-state index is 11.7. The van der Waals surface area contributed by atoms with E-state index >= 15 is 0 Å². The number of carbonyl (C=O) groups excluding carboxylic acids is 1. The Morgan fingerprint density at radius 3 is 3.11 bits per heavy atom. The Hall–Kier alpha value is -2.32. The molecule has 0 fully saturated rings. The van der Waals surface area contributed by atoms with E-state index in [0.717, 1.165) is 0 Å². The number of amides is 1. The van der Waals surface area contributed by atoms with Gasteiger partial charge in [-0.25, -0.2) is 4.98 Å². The zero-order chi connectivity index (χ0) is 13.0. The highest BCUT2D eigenvalue weighted by Gasteiger charge is 2.07. The van der Waals surface area contributed by atoms with Crippen molar-refractivity contribution in [3.05, 3.63) is 47.5 Å². The Balaban J connectivity index is 2.04. The third-order valence-electron chi connectivity index (χ3n) is 2.24. The Morgan fingerprint density at radius 2 is 2.39 bits per heavy atom. The van der Waals surface area contributed by atoms with E-state index in [1.165, 1.54) is 10.8 Å². The summed E-state index contributed by atoms with van der Waals surface area (Å²) in [6, 6.07) is 8.76. The van der Waals surface area contributed by atoms with E-state index in [4.69, 9.17) is 16.9 Å². The number of hydrogen-bond acceptors (Lipinski definition) is 3. The summed E-state index contributed by atoms with van der Waals surface area (Å²) in [4.78, 5) is 15.6. The molecule has 5 nitrogen and oxygen atoms in total. The van der Waals surface area contributed by atoms with Crippen molar-refractivity contribution >= 4 is 23.2 Å². The van der Waals surface area contributed by atoms with E-state index in [1.807, 2.05) is 6.07 Å². The van der Waals surface area contributed by atoms with Gasteiger partial charge in [-0.2, -0.15) is 5.26 Å². The second-order valence-corrected chi connectivity index (χ2v) is 3.99. The number of benzene rings is 1. The molecule has 0 aliphatic rings. The Labute approximate surface area is 109 Å². The lowest BCUT2D eigenvalue weighted by Gasteiger charge is -2.06. The number of hydrogen-bond donors (Lipinski definition) is 1. The van der Waals surface area contributed by atoms with Crippen LogP contribution in [0.3, 0.4) is 0 Å². The lowest BCUT2D eigenvalue weighted by Crippen LogP contribution is -2.19. The fourth-order valence-electron chi connectivity index (χ4n) is 1.47. The van der Waals surface area contributed by atoms with Crippen LogP contribution in [0.25, 0.3) is 0 Å². The normalized spacial score (nSPS) is 9.78. The Morgan fingerprint density at radius 1 is 1.56 bits per heavy atom. The Kier molecular flexibility index (Phi) is 3.60. The molecule has 1 aromatic heterocycles. The summed E-state index contributed by atoms with van der Waals surface area (Å²) in [5.74, 6) is -0.0389. The zero-order valence-electron chi connectivity index (χ0n) is 9.30. The van der Waals surface area contributed by atoms with Gasteiger partial charge >= 0.3 is 0 Å². The van der Waals surface area contributed by atoms with Gasteiger partial charge in [-0.05, 0) is 18.2 Å². The number of halogens is 1. The number of nitriles is 1. The lowest BCUT2D eigenvalue weighted by molar-refractivity contribution is -0.116. The third-order valence-corrected chi connectivity index (χ3v) is 2.47. The second kappa shape index (κ2) is 5.34. The summed E-state index contributed by atoms with van der Waals surface area (Å²) in [5, 5.41) is 12.0. The van der Waals surface area contributed by atoms with Gasteiger partial charge in [0.2, 0.25) is 11.7 Å². The minimum Gasteiger partial charge on any atom is -0.324 e. The van der Waals surface area contributed by atoms with Crippen LogP contribution in [0.2, 0.25) is 5.02 Å². The van der Waals surface area contributed by atoms with Crippen molar-refractivity contribution in [3.63, 3.8) is 0 Å². The molecule has 0 atom stereocenters. The van der Waals surface area contributed by atoms with E-state index in [9.17, 15) is 4.79 Å². The van der Waals surface area contributed by atoms with Gasteiger partial charge in [-0.3, -0.25) is 4.79 Å². The molecule has 0 radical (unpaired) electrons. The van der Waals surface area contributed by atoms with Crippen LogP contribution in [0, 0.1) is 11.3 Å². The van der Waals surface area contributed by atoms with Crippen LogP contribution in [-0.2, 0) is 11.3 Å². The van der Waals surface area contributed by atoms with Crippen LogP contribution < -0.4 is 5.32 Å². The fourth-order valence-corrected chi connectivity index (χ4v) is 1.66. The van der Waals surface area contributed by atoms with Crippen molar-refractivity contribution in [1.29, 1.82) is 5.26 Å². The molecule has 0 unspecified atom stereocenters. The molecule has 0 spiro atoms. The number of aromatic nitrogens is 2. The molecule has 90 valence electrons. The van der Waals surface area contributed by atoms with Gasteiger partial charge in [0.05, 0.1) is 0 Å². The molecule has 0 saturated carbocycles. The number of imidazole rings is 1. The highest BCUT2D eigenvalue weighted by Crippen LogP contribution is 2.14. The van der Waals surface area contributed by atoms with Gasteiger partial charge in [-0.15, -0.1) is 0 Å². The molecule has 1 N–H and O–H groups in total. The summed E-state index contributed by atoms with van der Waals surface area (Å²) < 4.78 is 1.47. The first-order valence-electron chi connectivity index (χ1n) is 5.15. The van der Waals surface area contributed by atoms with E-state index in [-0.39, 0.29) is 18.3 Å². The van der Waals surface area contributed by atoms with Gasteiger partial charge in [0, 0.05) is 23.1 Å². The van der Waals surface area contributed by atoms with Crippen molar-refractivity contribution in [3.8, 4) is 6.07 Å². The third kappa shape index (κ3) is 2.87. The van der Waals surface area contributed by atoms with E-state index in [1.54, 1.807) is 30.5 Å². The van der Waals surface area contributed by atoms with E-state index in [2.05, 4.69) is 10.3 Å². The summed E-state index contributed by atoms with van der Waals surface area (Å²) in [6.07, 6.45) is 3.06. The van der Waals surface area contributed by atoms with Crippen LogP contribution in [0.1, 0.15) is 5.82 Å². The number of anilines is 1. The molecular weight excluding hydrogens is 252 g/mol. The van der Waals surface area contributed by atoms with Crippen molar-refractivity contribution in [2.24, 2.45) is 0 Å². The smallest absolute Gasteiger partial charge is 0.244 e. The highest BCUT2D eigenvalue weighted by atomic mass is 35.5. The van der Waals surface area contributed by atoms with Crippen LogP contribution in [0.5, 0.6) is 0 Å². The number of carbonyl (C=O) groups is 1. The average molecular weight is 261 g/mol. The number of nitrogens with zero attached hydrogens (tertiary/aromatic N) is 3. The zero-order valence-corrected chi connectivity index (χ0v) is 10.1. The standard InChI is InChI=1S/C12H9ClN4O/c13-9-2-1-3-10(6-9)16-12(18)8-17-5-4-15-11(17)7-14/h1-6H,8H2,(H,16,18). The van der Waals surface area contributed by atoms with Crippen molar-refractivity contribution in [2.75, 3.05) is 5.32 Å². The predicted molar refractivity (Wildman–Crippen MR) is 67.0 cm³/mol. The Bertz CT molecular complexity index is 615.